The first-order valence-corrected chi connectivity index (χ1v) is 7.78. The van der Waals surface area contributed by atoms with Crippen LogP contribution in [-0.4, -0.2) is 26.0 Å². The zero-order valence-electron chi connectivity index (χ0n) is 12.4. The zero-order valence-corrected chi connectivity index (χ0v) is 13.9. The molecule has 5 heteroatoms. The van der Waals surface area contributed by atoms with Gasteiger partial charge >= 0.3 is 0 Å². The molecule has 0 fully saturated rings. The molecule has 0 aliphatic heterocycles. The fraction of sp³-hybridized carbons (Fsp3) is 0.235. The van der Waals surface area contributed by atoms with Crippen LogP contribution in [0.25, 0.3) is 0 Å². The number of carbonyl (C=O) groups excluding carboxylic acids is 1. The Balaban J connectivity index is 1.78. The number of likely N-dealkylation sites (N-methyl/N-ethyl adjacent to an activating group) is 1. The van der Waals surface area contributed by atoms with Crippen molar-refractivity contribution in [1.29, 1.82) is 0 Å². The first-order chi connectivity index (χ1) is 10.6. The van der Waals surface area contributed by atoms with Crippen LogP contribution < -0.4 is 10.2 Å². The fourth-order valence-corrected chi connectivity index (χ4v) is 2.61. The van der Waals surface area contributed by atoms with E-state index >= 15 is 0 Å². The molecule has 22 heavy (non-hydrogen) atoms. The number of rotatable bonds is 6. The molecule has 2 aromatic rings. The number of hydrogen-bond acceptors (Lipinski definition) is 2. The van der Waals surface area contributed by atoms with Crippen molar-refractivity contribution in [1.82, 2.24) is 5.32 Å². The highest BCUT2D eigenvalue weighted by Crippen LogP contribution is 2.21. The van der Waals surface area contributed by atoms with Gasteiger partial charge in [-0.25, -0.2) is 0 Å². The van der Waals surface area contributed by atoms with Gasteiger partial charge in [0.15, 0.2) is 0 Å². The molecule has 2 aromatic carbocycles. The Bertz CT molecular complexity index is 632. The molecule has 0 atom stereocenters. The van der Waals surface area contributed by atoms with Gasteiger partial charge in [-0.15, -0.1) is 0 Å². The number of halogens is 2. The van der Waals surface area contributed by atoms with Crippen molar-refractivity contribution in [3.8, 4) is 0 Å². The van der Waals surface area contributed by atoms with Gasteiger partial charge in [0.1, 0.15) is 0 Å². The zero-order chi connectivity index (χ0) is 15.9. The number of anilines is 1. The van der Waals surface area contributed by atoms with Crippen molar-refractivity contribution in [2.24, 2.45) is 0 Å². The van der Waals surface area contributed by atoms with Gasteiger partial charge < -0.3 is 10.2 Å². The summed E-state index contributed by atoms with van der Waals surface area (Å²) in [7, 11) is 1.89. The third kappa shape index (κ3) is 4.93. The Kier molecular flexibility index (Phi) is 6.10. The normalized spacial score (nSPS) is 10.3. The smallest absolute Gasteiger partial charge is 0.239 e. The van der Waals surface area contributed by atoms with Gasteiger partial charge in [0.25, 0.3) is 0 Å². The minimum atomic E-state index is -0.0172. The van der Waals surface area contributed by atoms with E-state index in [2.05, 4.69) is 5.32 Å². The quantitative estimate of drug-likeness (QED) is 0.870. The van der Waals surface area contributed by atoms with Gasteiger partial charge in [0.05, 0.1) is 6.54 Å². The van der Waals surface area contributed by atoms with E-state index in [1.54, 1.807) is 12.1 Å². The highest BCUT2D eigenvalue weighted by Gasteiger charge is 2.07. The topological polar surface area (TPSA) is 32.3 Å². The molecule has 1 amide bonds. The van der Waals surface area contributed by atoms with Crippen molar-refractivity contribution in [2.75, 3.05) is 25.0 Å². The maximum Gasteiger partial charge on any atom is 0.239 e. The van der Waals surface area contributed by atoms with Crippen LogP contribution in [0, 0.1) is 0 Å². The van der Waals surface area contributed by atoms with Gasteiger partial charge in [0.2, 0.25) is 5.91 Å². The van der Waals surface area contributed by atoms with Gasteiger partial charge in [-0.1, -0.05) is 47.5 Å². The SMILES string of the molecule is CN(CC(=O)NCCc1ccc(Cl)cc1Cl)c1ccccc1. The highest BCUT2D eigenvalue weighted by atomic mass is 35.5. The number of nitrogens with zero attached hydrogens (tertiary/aromatic N) is 1. The molecule has 0 heterocycles. The average molecular weight is 337 g/mol. The molecule has 2 rings (SSSR count). The summed E-state index contributed by atoms with van der Waals surface area (Å²) in [5.41, 5.74) is 1.99. The van der Waals surface area contributed by atoms with E-state index in [0.717, 1.165) is 11.3 Å². The molecule has 3 nitrogen and oxygen atoms in total. The lowest BCUT2D eigenvalue weighted by molar-refractivity contribution is -0.119. The Morgan fingerprint density at radius 3 is 2.55 bits per heavy atom. The van der Waals surface area contributed by atoms with Crippen molar-refractivity contribution >= 4 is 34.8 Å². The van der Waals surface area contributed by atoms with E-state index in [1.807, 2.05) is 48.3 Å². The van der Waals surface area contributed by atoms with Crippen LogP contribution in [0.15, 0.2) is 48.5 Å². The molecule has 0 bridgehead atoms. The predicted octanol–water partition coefficient (Wildman–Crippen LogP) is 3.79. The van der Waals surface area contributed by atoms with Gasteiger partial charge in [0, 0.05) is 29.3 Å². The first-order valence-electron chi connectivity index (χ1n) is 7.03. The standard InChI is InChI=1S/C17H18Cl2N2O/c1-21(15-5-3-2-4-6-15)12-17(22)20-10-9-13-7-8-14(18)11-16(13)19/h2-8,11H,9-10,12H2,1H3,(H,20,22). The van der Waals surface area contributed by atoms with E-state index in [1.165, 1.54) is 0 Å². The molecule has 0 aromatic heterocycles. The van der Waals surface area contributed by atoms with E-state index in [0.29, 0.717) is 29.6 Å². The van der Waals surface area contributed by atoms with Crippen LogP contribution >= 0.6 is 23.2 Å². The average Bonchev–Trinajstić information content (AvgIpc) is 2.50. The molecule has 1 N–H and O–H groups in total. The minimum absolute atomic E-state index is 0.0172. The number of amides is 1. The Morgan fingerprint density at radius 1 is 1.14 bits per heavy atom. The van der Waals surface area contributed by atoms with Crippen molar-refractivity contribution in [3.05, 3.63) is 64.1 Å². The Morgan fingerprint density at radius 2 is 1.86 bits per heavy atom. The molecular weight excluding hydrogens is 319 g/mol. The summed E-state index contributed by atoms with van der Waals surface area (Å²) in [5.74, 6) is -0.0172. The summed E-state index contributed by atoms with van der Waals surface area (Å²) < 4.78 is 0. The molecule has 0 spiro atoms. The molecule has 0 aliphatic carbocycles. The number of hydrogen-bond donors (Lipinski definition) is 1. The predicted molar refractivity (Wildman–Crippen MR) is 92.9 cm³/mol. The van der Waals surface area contributed by atoms with E-state index in [-0.39, 0.29) is 5.91 Å². The lowest BCUT2D eigenvalue weighted by Gasteiger charge is -2.18. The molecule has 0 aliphatic rings. The minimum Gasteiger partial charge on any atom is -0.365 e. The maximum atomic E-state index is 11.9. The van der Waals surface area contributed by atoms with Crippen LogP contribution in [0.5, 0.6) is 0 Å². The van der Waals surface area contributed by atoms with Gasteiger partial charge in [-0.05, 0) is 36.2 Å². The number of benzene rings is 2. The lowest BCUT2D eigenvalue weighted by Crippen LogP contribution is -2.36. The second-order valence-corrected chi connectivity index (χ2v) is 5.87. The second-order valence-electron chi connectivity index (χ2n) is 5.03. The van der Waals surface area contributed by atoms with E-state index in [9.17, 15) is 4.79 Å². The van der Waals surface area contributed by atoms with Crippen LogP contribution in [-0.2, 0) is 11.2 Å². The Labute approximate surface area is 140 Å². The first kappa shape index (κ1) is 16.7. The largest absolute Gasteiger partial charge is 0.365 e. The summed E-state index contributed by atoms with van der Waals surface area (Å²) in [4.78, 5) is 13.9. The van der Waals surface area contributed by atoms with Gasteiger partial charge in [-0.3, -0.25) is 4.79 Å². The summed E-state index contributed by atoms with van der Waals surface area (Å²) in [6.07, 6.45) is 0.677. The van der Waals surface area contributed by atoms with Crippen LogP contribution in [0.1, 0.15) is 5.56 Å². The van der Waals surface area contributed by atoms with Gasteiger partial charge in [-0.2, -0.15) is 0 Å². The molecule has 116 valence electrons. The molecule has 0 unspecified atom stereocenters. The number of carbonyl (C=O) groups is 1. The molecule has 0 radical (unpaired) electrons. The molecular formula is C17H18Cl2N2O. The van der Waals surface area contributed by atoms with Crippen LogP contribution in [0.4, 0.5) is 5.69 Å². The van der Waals surface area contributed by atoms with E-state index < -0.39 is 0 Å². The Hall–Kier alpha value is -1.71. The van der Waals surface area contributed by atoms with Crippen LogP contribution in [0.2, 0.25) is 10.0 Å². The fourth-order valence-electron chi connectivity index (χ4n) is 2.11. The summed E-state index contributed by atoms with van der Waals surface area (Å²) in [6.45, 7) is 0.862. The van der Waals surface area contributed by atoms with Crippen LogP contribution in [0.3, 0.4) is 0 Å². The molecule has 0 saturated heterocycles. The van der Waals surface area contributed by atoms with Crippen molar-refractivity contribution < 1.29 is 4.79 Å². The summed E-state index contributed by atoms with van der Waals surface area (Å²) >= 11 is 12.0. The highest BCUT2D eigenvalue weighted by molar-refractivity contribution is 6.35. The maximum absolute atomic E-state index is 11.9. The third-order valence-corrected chi connectivity index (χ3v) is 3.90. The monoisotopic (exact) mass is 336 g/mol. The lowest BCUT2D eigenvalue weighted by atomic mass is 10.1. The van der Waals surface area contributed by atoms with Crippen molar-refractivity contribution in [3.63, 3.8) is 0 Å². The summed E-state index contributed by atoms with van der Waals surface area (Å²) in [6, 6.07) is 15.2. The third-order valence-electron chi connectivity index (χ3n) is 3.31. The second kappa shape index (κ2) is 8.06. The number of nitrogens with one attached hydrogen (secondary N) is 1. The number of para-hydroxylation sites is 1. The van der Waals surface area contributed by atoms with E-state index in [4.69, 9.17) is 23.2 Å². The molecule has 0 saturated carbocycles. The van der Waals surface area contributed by atoms with Crippen molar-refractivity contribution in [2.45, 2.75) is 6.42 Å². The summed E-state index contributed by atoms with van der Waals surface area (Å²) in [5, 5.41) is 4.14.